The molecule has 1 amide bonds. The molecule has 7 heteroatoms. The molecule has 1 heterocycles. The largest absolute Gasteiger partial charge is 0.488 e. The lowest BCUT2D eigenvalue weighted by Crippen LogP contribution is -2.32. The molecule has 0 radical (unpaired) electrons. The Labute approximate surface area is 141 Å². The summed E-state index contributed by atoms with van der Waals surface area (Å²) in [7, 11) is 1.84. The molecule has 0 saturated carbocycles. The number of carbonyl (C=O) groups is 1. The summed E-state index contributed by atoms with van der Waals surface area (Å²) in [5, 5.41) is 3.96. The zero-order chi connectivity index (χ0) is 14.5. The second-order valence-corrected chi connectivity index (χ2v) is 5.61. The van der Waals surface area contributed by atoms with Crippen molar-refractivity contribution in [3.8, 4) is 5.75 Å². The number of amides is 1. The van der Waals surface area contributed by atoms with E-state index in [9.17, 15) is 4.79 Å². The van der Waals surface area contributed by atoms with Gasteiger partial charge in [-0.25, -0.2) is 0 Å². The van der Waals surface area contributed by atoms with Crippen molar-refractivity contribution in [3.05, 3.63) is 28.2 Å². The number of rotatable bonds is 5. The first-order chi connectivity index (χ1) is 9.60. The summed E-state index contributed by atoms with van der Waals surface area (Å²) in [6, 6.07) is 5.21. The minimum absolute atomic E-state index is 0. The maximum atomic E-state index is 11.9. The minimum atomic E-state index is 0. The van der Waals surface area contributed by atoms with Gasteiger partial charge in [0.15, 0.2) is 0 Å². The minimum Gasteiger partial charge on any atom is -0.488 e. The monoisotopic (exact) mass is 352 g/mol. The number of ether oxygens (including phenoxy) is 1. The quantitative estimate of drug-likeness (QED) is 0.885. The van der Waals surface area contributed by atoms with Gasteiger partial charge in [0, 0.05) is 32.0 Å². The molecular weight excluding hydrogens is 335 g/mol. The van der Waals surface area contributed by atoms with Crippen molar-refractivity contribution < 1.29 is 9.53 Å². The molecule has 1 fully saturated rings. The first kappa shape index (κ1) is 18.4. The van der Waals surface area contributed by atoms with Gasteiger partial charge < -0.3 is 15.0 Å². The van der Waals surface area contributed by atoms with E-state index in [-0.39, 0.29) is 24.4 Å². The Hall–Kier alpha value is -0.680. The van der Waals surface area contributed by atoms with E-state index in [1.165, 1.54) is 0 Å². The average molecular weight is 354 g/mol. The highest BCUT2D eigenvalue weighted by atomic mass is 35.5. The summed E-state index contributed by atoms with van der Waals surface area (Å²) in [6.45, 7) is 2.07. The molecule has 118 valence electrons. The van der Waals surface area contributed by atoms with Crippen LogP contribution in [0.4, 0.5) is 0 Å². The predicted octanol–water partition coefficient (Wildman–Crippen LogP) is 3.00. The number of nitrogens with one attached hydrogen (secondary N) is 1. The highest BCUT2D eigenvalue weighted by Crippen LogP contribution is 2.28. The van der Waals surface area contributed by atoms with Gasteiger partial charge in [0.2, 0.25) is 5.91 Å². The molecule has 1 aromatic carbocycles. The van der Waals surface area contributed by atoms with Crippen molar-refractivity contribution >= 4 is 41.5 Å². The Morgan fingerprint density at radius 2 is 2.19 bits per heavy atom. The van der Waals surface area contributed by atoms with Crippen molar-refractivity contribution in [2.45, 2.75) is 18.9 Å². The van der Waals surface area contributed by atoms with Gasteiger partial charge >= 0.3 is 0 Å². The van der Waals surface area contributed by atoms with Crippen molar-refractivity contribution in [2.75, 3.05) is 26.7 Å². The van der Waals surface area contributed by atoms with Gasteiger partial charge in [-0.2, -0.15) is 0 Å². The number of nitrogens with zero attached hydrogens (tertiary/aromatic N) is 1. The molecule has 1 atom stereocenters. The Kier molecular flexibility index (Phi) is 7.60. The smallest absolute Gasteiger partial charge is 0.223 e. The van der Waals surface area contributed by atoms with E-state index in [2.05, 4.69) is 5.32 Å². The number of halogens is 3. The lowest BCUT2D eigenvalue weighted by atomic mass is 10.3. The van der Waals surface area contributed by atoms with E-state index in [0.717, 1.165) is 13.0 Å². The van der Waals surface area contributed by atoms with Crippen LogP contribution >= 0.6 is 35.6 Å². The second kappa shape index (κ2) is 8.69. The van der Waals surface area contributed by atoms with Crippen molar-refractivity contribution in [1.29, 1.82) is 0 Å². The summed E-state index contributed by atoms with van der Waals surface area (Å²) in [4.78, 5) is 13.7. The SMILES string of the molecule is CNCCC(=O)N1CCC(Oc2ccc(Cl)c(Cl)c2)C1.Cl. The summed E-state index contributed by atoms with van der Waals surface area (Å²) >= 11 is 11.8. The molecule has 1 aromatic rings. The van der Waals surface area contributed by atoms with Gasteiger partial charge in [0.05, 0.1) is 16.6 Å². The van der Waals surface area contributed by atoms with Crippen LogP contribution in [-0.4, -0.2) is 43.6 Å². The first-order valence-corrected chi connectivity index (χ1v) is 7.40. The van der Waals surface area contributed by atoms with Crippen LogP contribution in [-0.2, 0) is 4.79 Å². The molecule has 1 unspecified atom stereocenters. The summed E-state index contributed by atoms with van der Waals surface area (Å²) in [5.41, 5.74) is 0. The lowest BCUT2D eigenvalue weighted by Gasteiger charge is -2.17. The molecule has 2 rings (SSSR count). The van der Waals surface area contributed by atoms with Crippen molar-refractivity contribution in [1.82, 2.24) is 10.2 Å². The summed E-state index contributed by atoms with van der Waals surface area (Å²) in [5.74, 6) is 0.855. The van der Waals surface area contributed by atoms with Gasteiger partial charge in [-0.15, -0.1) is 12.4 Å². The van der Waals surface area contributed by atoms with E-state index >= 15 is 0 Å². The van der Waals surface area contributed by atoms with E-state index < -0.39 is 0 Å². The summed E-state index contributed by atoms with van der Waals surface area (Å²) in [6.07, 6.45) is 1.38. The van der Waals surface area contributed by atoms with Crippen LogP contribution in [0.15, 0.2) is 18.2 Å². The molecule has 0 aliphatic carbocycles. The van der Waals surface area contributed by atoms with Gasteiger partial charge in [0.25, 0.3) is 0 Å². The van der Waals surface area contributed by atoms with Crippen LogP contribution in [0.1, 0.15) is 12.8 Å². The molecule has 0 bridgehead atoms. The number of hydrogen-bond acceptors (Lipinski definition) is 3. The Morgan fingerprint density at radius 1 is 1.43 bits per heavy atom. The maximum absolute atomic E-state index is 11.9. The van der Waals surface area contributed by atoms with Gasteiger partial charge in [-0.3, -0.25) is 4.79 Å². The Morgan fingerprint density at radius 3 is 2.86 bits per heavy atom. The van der Waals surface area contributed by atoms with Gasteiger partial charge in [-0.1, -0.05) is 23.2 Å². The van der Waals surface area contributed by atoms with Crippen molar-refractivity contribution in [3.63, 3.8) is 0 Å². The molecular formula is C14H19Cl3N2O2. The first-order valence-electron chi connectivity index (χ1n) is 6.64. The third-order valence-corrected chi connectivity index (χ3v) is 4.02. The lowest BCUT2D eigenvalue weighted by molar-refractivity contribution is -0.130. The molecule has 4 nitrogen and oxygen atoms in total. The maximum Gasteiger partial charge on any atom is 0.223 e. The highest BCUT2D eigenvalue weighted by molar-refractivity contribution is 6.42. The van der Waals surface area contributed by atoms with E-state index in [0.29, 0.717) is 35.3 Å². The normalized spacial score (nSPS) is 17.5. The fourth-order valence-electron chi connectivity index (χ4n) is 2.18. The number of benzene rings is 1. The molecule has 1 N–H and O–H groups in total. The van der Waals surface area contributed by atoms with E-state index in [4.69, 9.17) is 27.9 Å². The molecule has 0 spiro atoms. The standard InChI is InChI=1S/C14H18Cl2N2O2.ClH/c1-17-6-4-14(19)18-7-5-11(9-18)20-10-2-3-12(15)13(16)8-10;/h2-3,8,11,17H,4-7,9H2,1H3;1H. The van der Waals surface area contributed by atoms with Crippen LogP contribution in [0, 0.1) is 0 Å². The zero-order valence-corrected chi connectivity index (χ0v) is 14.1. The second-order valence-electron chi connectivity index (χ2n) is 4.80. The predicted molar refractivity (Wildman–Crippen MR) is 87.9 cm³/mol. The van der Waals surface area contributed by atoms with Crippen molar-refractivity contribution in [2.24, 2.45) is 0 Å². The molecule has 1 saturated heterocycles. The third kappa shape index (κ3) is 5.22. The van der Waals surface area contributed by atoms with Crippen LogP contribution in [0.3, 0.4) is 0 Å². The summed E-state index contributed by atoms with van der Waals surface area (Å²) < 4.78 is 5.84. The molecule has 1 aliphatic heterocycles. The van der Waals surface area contributed by atoms with Gasteiger partial charge in [-0.05, 0) is 19.2 Å². The van der Waals surface area contributed by atoms with E-state index in [1.807, 2.05) is 11.9 Å². The Balaban J connectivity index is 0.00000220. The Bertz CT molecular complexity index is 485. The third-order valence-electron chi connectivity index (χ3n) is 3.28. The van der Waals surface area contributed by atoms with Crippen LogP contribution in [0.2, 0.25) is 10.0 Å². The van der Waals surface area contributed by atoms with Crippen LogP contribution in [0.5, 0.6) is 5.75 Å². The molecule has 21 heavy (non-hydrogen) atoms. The highest BCUT2D eigenvalue weighted by Gasteiger charge is 2.27. The number of likely N-dealkylation sites (tertiary alicyclic amines) is 1. The van der Waals surface area contributed by atoms with Crippen LogP contribution in [0.25, 0.3) is 0 Å². The number of carbonyl (C=O) groups excluding carboxylic acids is 1. The average Bonchev–Trinajstić information content (AvgIpc) is 2.89. The van der Waals surface area contributed by atoms with Crippen LogP contribution < -0.4 is 10.1 Å². The number of hydrogen-bond donors (Lipinski definition) is 1. The van der Waals surface area contributed by atoms with E-state index in [1.54, 1.807) is 18.2 Å². The van der Waals surface area contributed by atoms with Gasteiger partial charge in [0.1, 0.15) is 11.9 Å². The topological polar surface area (TPSA) is 41.6 Å². The molecule has 0 aromatic heterocycles. The fourth-order valence-corrected chi connectivity index (χ4v) is 2.47. The fraction of sp³-hybridized carbons (Fsp3) is 0.500. The molecule has 1 aliphatic rings. The zero-order valence-electron chi connectivity index (χ0n) is 11.8.